The van der Waals surface area contributed by atoms with E-state index < -0.39 is 0 Å². The van der Waals surface area contributed by atoms with Crippen LogP contribution in [0.3, 0.4) is 0 Å². The molecule has 0 fully saturated rings. The zero-order valence-corrected chi connectivity index (χ0v) is 9.97. The second kappa shape index (κ2) is 5.50. The summed E-state index contributed by atoms with van der Waals surface area (Å²) in [6, 6.07) is 3.76. The minimum Gasteiger partial charge on any atom is -0.386 e. The number of hydrogen-bond acceptors (Lipinski definition) is 3. The fourth-order valence-corrected chi connectivity index (χ4v) is 1.22. The Bertz CT molecular complexity index is 455. The van der Waals surface area contributed by atoms with Gasteiger partial charge in [0.15, 0.2) is 0 Å². The Kier molecular flexibility index (Phi) is 4.30. The fraction of sp³-hybridized carbons (Fsp3) is 0.400. The molecular formula is C10H15N3OS. The third kappa shape index (κ3) is 4.12. The van der Waals surface area contributed by atoms with E-state index in [0.717, 1.165) is 18.0 Å². The van der Waals surface area contributed by atoms with Crippen LogP contribution in [0.5, 0.6) is 0 Å². The van der Waals surface area contributed by atoms with E-state index in [2.05, 4.69) is 29.4 Å². The van der Waals surface area contributed by atoms with Crippen molar-refractivity contribution in [3.05, 3.63) is 34.4 Å². The Morgan fingerprint density at radius 2 is 2.27 bits per heavy atom. The van der Waals surface area contributed by atoms with Crippen molar-refractivity contribution in [1.82, 2.24) is 14.9 Å². The van der Waals surface area contributed by atoms with Gasteiger partial charge in [-0.25, -0.2) is 5.16 Å². The van der Waals surface area contributed by atoms with Crippen LogP contribution in [0.4, 0.5) is 0 Å². The van der Waals surface area contributed by atoms with Gasteiger partial charge >= 0.3 is 0 Å². The van der Waals surface area contributed by atoms with Crippen molar-refractivity contribution in [2.45, 2.75) is 27.3 Å². The van der Waals surface area contributed by atoms with E-state index in [1.807, 2.05) is 30.8 Å². The number of hydrogen-bond donors (Lipinski definition) is 1. The van der Waals surface area contributed by atoms with Gasteiger partial charge in [0.05, 0.1) is 5.69 Å². The second-order valence-electron chi connectivity index (χ2n) is 3.14. The first-order chi connectivity index (χ1) is 7.11. The quantitative estimate of drug-likeness (QED) is 0.759. The smallest absolute Gasteiger partial charge is 0.138 e. The molecule has 1 N–H and O–H groups in total. The summed E-state index contributed by atoms with van der Waals surface area (Å²) in [5, 5.41) is 6.65. The number of aromatic amines is 1. The van der Waals surface area contributed by atoms with Crippen LogP contribution in [-0.4, -0.2) is 14.9 Å². The first-order valence-corrected chi connectivity index (χ1v) is 5.18. The first kappa shape index (κ1) is 11.7. The summed E-state index contributed by atoms with van der Waals surface area (Å²) in [4.78, 5) is 0. The van der Waals surface area contributed by atoms with Gasteiger partial charge in [0.2, 0.25) is 0 Å². The molecule has 0 atom stereocenters. The highest BCUT2D eigenvalue weighted by atomic mass is 32.1. The van der Waals surface area contributed by atoms with Crippen LogP contribution >= 0.6 is 12.2 Å². The molecule has 0 saturated carbocycles. The highest BCUT2D eigenvalue weighted by Crippen LogP contribution is 1.93. The van der Waals surface area contributed by atoms with Gasteiger partial charge in [0.1, 0.15) is 10.4 Å². The molecule has 2 aromatic rings. The van der Waals surface area contributed by atoms with Crippen molar-refractivity contribution >= 4 is 12.2 Å². The zero-order valence-electron chi connectivity index (χ0n) is 9.15. The van der Waals surface area contributed by atoms with Crippen LogP contribution in [0.25, 0.3) is 0 Å². The van der Waals surface area contributed by atoms with E-state index in [1.165, 1.54) is 0 Å². The number of aromatic nitrogens is 3. The maximum absolute atomic E-state index is 4.73. The number of nitrogens with zero attached hydrogens (tertiary/aromatic N) is 2. The van der Waals surface area contributed by atoms with Gasteiger partial charge in [-0.2, -0.15) is 5.10 Å². The van der Waals surface area contributed by atoms with Crippen LogP contribution in [0.2, 0.25) is 0 Å². The molecule has 0 aliphatic carbocycles. The molecule has 0 aliphatic heterocycles. The van der Waals surface area contributed by atoms with Crippen molar-refractivity contribution in [3.63, 3.8) is 0 Å². The molecule has 0 aromatic carbocycles. The average Bonchev–Trinajstić information content (AvgIpc) is 2.76. The van der Waals surface area contributed by atoms with Crippen molar-refractivity contribution in [2.24, 2.45) is 0 Å². The topological polar surface area (TPSA) is 46.8 Å². The number of H-pyrrole nitrogens is 1. The molecule has 0 saturated heterocycles. The number of rotatable bonds is 1. The molecule has 0 unspecified atom stereocenters. The molecule has 2 aromatic heterocycles. The van der Waals surface area contributed by atoms with Gasteiger partial charge in [-0.1, -0.05) is 12.2 Å². The van der Waals surface area contributed by atoms with Gasteiger partial charge in [-0.05, 0) is 26.8 Å². The molecule has 0 bridgehead atoms. The normalized spacial score (nSPS) is 9.53. The third-order valence-electron chi connectivity index (χ3n) is 1.74. The van der Waals surface area contributed by atoms with Crippen LogP contribution in [0, 0.1) is 18.5 Å². The second-order valence-corrected chi connectivity index (χ2v) is 3.58. The van der Waals surface area contributed by atoms with Gasteiger partial charge in [-0.3, -0.25) is 4.68 Å². The van der Waals surface area contributed by atoms with Crippen LogP contribution in [0.1, 0.15) is 18.4 Å². The Hall–Kier alpha value is -1.36. The first-order valence-electron chi connectivity index (χ1n) is 4.77. The molecular weight excluding hydrogens is 210 g/mol. The van der Waals surface area contributed by atoms with Crippen molar-refractivity contribution in [1.29, 1.82) is 0 Å². The van der Waals surface area contributed by atoms with Crippen molar-refractivity contribution in [2.75, 3.05) is 0 Å². The molecule has 5 heteroatoms. The Morgan fingerprint density at radius 3 is 2.47 bits per heavy atom. The summed E-state index contributed by atoms with van der Waals surface area (Å²) in [5.41, 5.74) is 1.09. The molecule has 15 heavy (non-hydrogen) atoms. The van der Waals surface area contributed by atoms with E-state index in [0.29, 0.717) is 4.64 Å². The minimum atomic E-state index is 0.650. The summed E-state index contributed by atoms with van der Waals surface area (Å²) in [7, 11) is 0. The molecule has 0 radical (unpaired) electrons. The Morgan fingerprint density at radius 1 is 1.53 bits per heavy atom. The Labute approximate surface area is 93.9 Å². The molecule has 2 rings (SSSR count). The molecule has 82 valence electrons. The molecule has 0 amide bonds. The fourth-order valence-electron chi connectivity index (χ4n) is 1.01. The van der Waals surface area contributed by atoms with Crippen LogP contribution in [0.15, 0.2) is 22.9 Å². The molecule has 2 heterocycles. The predicted octanol–water partition coefficient (Wildman–Crippen LogP) is 2.86. The average molecular weight is 225 g/mol. The van der Waals surface area contributed by atoms with E-state index in [4.69, 9.17) is 4.52 Å². The van der Waals surface area contributed by atoms with Gasteiger partial charge in [0, 0.05) is 18.8 Å². The maximum atomic E-state index is 4.73. The lowest BCUT2D eigenvalue weighted by Crippen LogP contribution is -1.93. The summed E-state index contributed by atoms with van der Waals surface area (Å²) in [6.45, 7) is 6.87. The lowest BCUT2D eigenvalue weighted by Gasteiger charge is -1.89. The largest absolute Gasteiger partial charge is 0.386 e. The number of aryl methyl sites for hydroxylation is 3. The Balaban J connectivity index is 0.000000151. The van der Waals surface area contributed by atoms with E-state index in [-0.39, 0.29) is 0 Å². The highest BCUT2D eigenvalue weighted by molar-refractivity contribution is 7.71. The van der Waals surface area contributed by atoms with E-state index in [9.17, 15) is 0 Å². The summed E-state index contributed by atoms with van der Waals surface area (Å²) in [6.07, 6.45) is 1.98. The van der Waals surface area contributed by atoms with E-state index in [1.54, 1.807) is 6.07 Å². The van der Waals surface area contributed by atoms with Crippen LogP contribution < -0.4 is 0 Å². The minimum absolute atomic E-state index is 0.650. The summed E-state index contributed by atoms with van der Waals surface area (Å²) >= 11 is 4.68. The third-order valence-corrected chi connectivity index (χ3v) is 1.95. The molecule has 0 spiro atoms. The van der Waals surface area contributed by atoms with Gasteiger partial charge in [0.25, 0.3) is 0 Å². The van der Waals surface area contributed by atoms with E-state index >= 15 is 0 Å². The molecule has 0 aliphatic rings. The SMILES string of the molecule is CCn1ccc(C)n1.Cc1cc(=S)[nH]o1. The lowest BCUT2D eigenvalue weighted by molar-refractivity contribution is 0.395. The number of nitrogens with one attached hydrogen (secondary N) is 1. The monoisotopic (exact) mass is 225 g/mol. The zero-order chi connectivity index (χ0) is 11.3. The van der Waals surface area contributed by atoms with Gasteiger partial charge in [-0.15, -0.1) is 0 Å². The van der Waals surface area contributed by atoms with Crippen molar-refractivity contribution < 1.29 is 4.52 Å². The summed E-state index contributed by atoms with van der Waals surface area (Å²) in [5.74, 6) is 0.824. The summed E-state index contributed by atoms with van der Waals surface area (Å²) < 4.78 is 7.30. The molecule has 4 nitrogen and oxygen atoms in total. The standard InChI is InChI=1S/C6H10N2.C4H5NOS/c1-3-8-5-4-6(2)7-8;1-3-2-4(7)5-6-3/h4-5H,3H2,1-2H3;2H,1H3,(H,5,7). The lowest BCUT2D eigenvalue weighted by atomic mass is 10.5. The predicted molar refractivity (Wildman–Crippen MR) is 61.3 cm³/mol. The maximum Gasteiger partial charge on any atom is 0.138 e. The highest BCUT2D eigenvalue weighted by Gasteiger charge is 1.86. The van der Waals surface area contributed by atoms with Gasteiger partial charge < -0.3 is 4.52 Å². The van der Waals surface area contributed by atoms with Crippen LogP contribution in [-0.2, 0) is 6.54 Å². The van der Waals surface area contributed by atoms with Crippen molar-refractivity contribution in [3.8, 4) is 0 Å².